The molecule has 1 saturated heterocycles. The van der Waals surface area contributed by atoms with Gasteiger partial charge in [0.05, 0.1) is 17.7 Å². The molecule has 0 bridgehead atoms. The molecule has 5 nitrogen and oxygen atoms in total. The van der Waals surface area contributed by atoms with Crippen LogP contribution in [0.3, 0.4) is 0 Å². The largest absolute Gasteiger partial charge is 0.393 e. The molecule has 1 amide bonds. The van der Waals surface area contributed by atoms with Crippen molar-refractivity contribution >= 4 is 5.91 Å². The van der Waals surface area contributed by atoms with Gasteiger partial charge >= 0.3 is 0 Å². The molecule has 2 aliphatic rings. The molecule has 3 rings (SSSR count). The van der Waals surface area contributed by atoms with Gasteiger partial charge in [0.25, 0.3) is 5.91 Å². The summed E-state index contributed by atoms with van der Waals surface area (Å²) in [6.07, 6.45) is 3.60. The second-order valence-electron chi connectivity index (χ2n) is 6.21. The molecule has 1 saturated carbocycles. The summed E-state index contributed by atoms with van der Waals surface area (Å²) in [7, 11) is 1.72. The molecule has 1 aromatic heterocycles. The number of aliphatic hydroxyl groups excluding tert-OH is 1. The molecule has 2 N–H and O–H groups in total. The number of nitrogens with one attached hydrogen (secondary N) is 1. The number of amides is 1. The zero-order valence-corrected chi connectivity index (χ0v) is 12.8. The summed E-state index contributed by atoms with van der Waals surface area (Å²) in [6, 6.07) is 3.79. The minimum Gasteiger partial charge on any atom is -0.393 e. The Morgan fingerprint density at radius 3 is 3.00 bits per heavy atom. The number of methoxy groups -OCH3 is 1. The lowest BCUT2D eigenvalue weighted by Crippen LogP contribution is -2.52. The lowest BCUT2D eigenvalue weighted by Gasteiger charge is -2.42. The molecule has 5 heteroatoms. The third kappa shape index (κ3) is 2.38. The Kier molecular flexibility index (Phi) is 3.80. The molecule has 21 heavy (non-hydrogen) atoms. The number of carbonyl (C=O) groups excluding carboxylic acids is 1. The lowest BCUT2D eigenvalue weighted by molar-refractivity contribution is -0.0824. The van der Waals surface area contributed by atoms with Crippen LogP contribution in [0.1, 0.15) is 48.8 Å². The molecule has 1 aliphatic carbocycles. The van der Waals surface area contributed by atoms with Gasteiger partial charge in [-0.25, -0.2) is 0 Å². The average molecular weight is 292 g/mol. The molecule has 0 unspecified atom stereocenters. The molecular weight excluding hydrogens is 268 g/mol. The normalized spacial score (nSPS) is 32.2. The zero-order valence-electron chi connectivity index (χ0n) is 12.8. The van der Waals surface area contributed by atoms with Crippen LogP contribution in [0.5, 0.6) is 0 Å². The number of aromatic nitrogens is 1. The molecule has 3 atom stereocenters. The SMILES string of the molecule is CCc1ccc(C(=O)N2CC[C@]3(OC)CC[C@@H](O)C[C@H]23)[nH]1. The predicted molar refractivity (Wildman–Crippen MR) is 79.2 cm³/mol. The van der Waals surface area contributed by atoms with Gasteiger partial charge in [0.15, 0.2) is 0 Å². The number of carbonyl (C=O) groups is 1. The summed E-state index contributed by atoms with van der Waals surface area (Å²) >= 11 is 0. The minimum atomic E-state index is -0.332. The van der Waals surface area contributed by atoms with Crippen molar-refractivity contribution in [3.8, 4) is 0 Å². The third-order valence-corrected chi connectivity index (χ3v) is 5.18. The summed E-state index contributed by atoms with van der Waals surface area (Å²) in [5.41, 5.74) is 1.44. The van der Waals surface area contributed by atoms with Gasteiger partial charge in [-0.15, -0.1) is 0 Å². The predicted octanol–water partition coefficient (Wildman–Crippen LogP) is 1.72. The fraction of sp³-hybridized carbons (Fsp3) is 0.688. The molecule has 0 radical (unpaired) electrons. The number of ether oxygens (including phenoxy) is 1. The molecule has 2 fully saturated rings. The van der Waals surface area contributed by atoms with E-state index in [-0.39, 0.29) is 23.7 Å². The Bertz CT molecular complexity index is 527. The Hall–Kier alpha value is -1.33. The van der Waals surface area contributed by atoms with Crippen molar-refractivity contribution in [1.29, 1.82) is 0 Å². The highest BCUT2D eigenvalue weighted by Gasteiger charge is 2.52. The van der Waals surface area contributed by atoms with E-state index in [0.29, 0.717) is 18.7 Å². The Morgan fingerprint density at radius 2 is 2.33 bits per heavy atom. The zero-order chi connectivity index (χ0) is 15.0. The fourth-order valence-corrected chi connectivity index (χ4v) is 3.85. The van der Waals surface area contributed by atoms with E-state index in [4.69, 9.17) is 4.74 Å². The van der Waals surface area contributed by atoms with Crippen LogP contribution in [0.4, 0.5) is 0 Å². The van der Waals surface area contributed by atoms with Crippen molar-refractivity contribution in [1.82, 2.24) is 9.88 Å². The van der Waals surface area contributed by atoms with Crippen molar-refractivity contribution in [2.45, 2.75) is 56.8 Å². The number of hydrogen-bond acceptors (Lipinski definition) is 3. The topological polar surface area (TPSA) is 65.6 Å². The standard InChI is InChI=1S/C16H24N2O3/c1-3-11-4-5-13(17-11)15(20)18-9-8-16(21-2)7-6-12(19)10-14(16)18/h4-5,12,14,17,19H,3,6-10H2,1-2H3/t12-,14+,16-/m1/s1. The summed E-state index contributed by atoms with van der Waals surface area (Å²) < 4.78 is 5.78. The number of aromatic amines is 1. The van der Waals surface area contributed by atoms with Crippen LogP contribution in [0.25, 0.3) is 0 Å². The van der Waals surface area contributed by atoms with Gasteiger partial charge in [-0.2, -0.15) is 0 Å². The van der Waals surface area contributed by atoms with Gasteiger partial charge in [-0.3, -0.25) is 4.79 Å². The number of nitrogens with zero attached hydrogens (tertiary/aromatic N) is 1. The van der Waals surface area contributed by atoms with Gasteiger partial charge in [0.2, 0.25) is 0 Å². The molecule has 0 aromatic carbocycles. The van der Waals surface area contributed by atoms with Crippen molar-refractivity contribution in [2.24, 2.45) is 0 Å². The molecule has 1 aliphatic heterocycles. The second-order valence-corrected chi connectivity index (χ2v) is 6.21. The van der Waals surface area contributed by atoms with E-state index in [1.165, 1.54) is 0 Å². The second kappa shape index (κ2) is 5.46. The Balaban J connectivity index is 1.83. The number of hydrogen-bond donors (Lipinski definition) is 2. The van der Waals surface area contributed by atoms with Gasteiger partial charge in [0, 0.05) is 19.3 Å². The maximum atomic E-state index is 12.8. The minimum absolute atomic E-state index is 0.0210. The van der Waals surface area contributed by atoms with E-state index in [1.807, 2.05) is 17.0 Å². The highest BCUT2D eigenvalue weighted by atomic mass is 16.5. The van der Waals surface area contributed by atoms with Crippen molar-refractivity contribution in [2.75, 3.05) is 13.7 Å². The molecular formula is C16H24N2O3. The summed E-state index contributed by atoms with van der Waals surface area (Å²) in [5.74, 6) is 0.0210. The van der Waals surface area contributed by atoms with Crippen molar-refractivity contribution in [3.63, 3.8) is 0 Å². The average Bonchev–Trinajstić information content (AvgIpc) is 3.11. The first-order valence-electron chi connectivity index (χ1n) is 7.81. The third-order valence-electron chi connectivity index (χ3n) is 5.18. The first kappa shape index (κ1) is 14.6. The summed E-state index contributed by atoms with van der Waals surface area (Å²) in [5, 5.41) is 9.98. The van der Waals surface area contributed by atoms with E-state index in [2.05, 4.69) is 11.9 Å². The quantitative estimate of drug-likeness (QED) is 0.891. The monoisotopic (exact) mass is 292 g/mol. The van der Waals surface area contributed by atoms with Crippen LogP contribution in [-0.4, -0.2) is 52.3 Å². The number of aryl methyl sites for hydroxylation is 1. The van der Waals surface area contributed by atoms with E-state index in [9.17, 15) is 9.90 Å². The van der Waals surface area contributed by atoms with Crippen LogP contribution in [0, 0.1) is 0 Å². The van der Waals surface area contributed by atoms with Gasteiger partial charge in [-0.1, -0.05) is 6.92 Å². The Morgan fingerprint density at radius 1 is 1.52 bits per heavy atom. The summed E-state index contributed by atoms with van der Waals surface area (Å²) in [4.78, 5) is 17.8. The molecule has 116 valence electrons. The first-order chi connectivity index (χ1) is 10.1. The van der Waals surface area contributed by atoms with Gasteiger partial charge in [0.1, 0.15) is 5.69 Å². The maximum Gasteiger partial charge on any atom is 0.270 e. The van der Waals surface area contributed by atoms with Crippen molar-refractivity contribution in [3.05, 3.63) is 23.5 Å². The van der Waals surface area contributed by atoms with E-state index >= 15 is 0 Å². The van der Waals surface area contributed by atoms with Crippen LogP contribution in [-0.2, 0) is 11.2 Å². The number of rotatable bonds is 3. The van der Waals surface area contributed by atoms with E-state index in [0.717, 1.165) is 31.4 Å². The fourth-order valence-electron chi connectivity index (χ4n) is 3.85. The first-order valence-corrected chi connectivity index (χ1v) is 7.81. The van der Waals surface area contributed by atoms with Crippen LogP contribution >= 0.6 is 0 Å². The van der Waals surface area contributed by atoms with Crippen LogP contribution in [0.2, 0.25) is 0 Å². The maximum absolute atomic E-state index is 12.8. The van der Waals surface area contributed by atoms with Crippen molar-refractivity contribution < 1.29 is 14.6 Å². The van der Waals surface area contributed by atoms with Crippen LogP contribution in [0.15, 0.2) is 12.1 Å². The lowest BCUT2D eigenvalue weighted by atomic mass is 9.79. The van der Waals surface area contributed by atoms with Crippen LogP contribution < -0.4 is 0 Å². The Labute approximate surface area is 125 Å². The highest BCUT2D eigenvalue weighted by Crippen LogP contribution is 2.42. The number of fused-ring (bicyclic) bond motifs is 1. The number of aliphatic hydroxyl groups is 1. The van der Waals surface area contributed by atoms with E-state index in [1.54, 1.807) is 7.11 Å². The van der Waals surface area contributed by atoms with Gasteiger partial charge in [-0.05, 0) is 44.2 Å². The highest BCUT2D eigenvalue weighted by molar-refractivity contribution is 5.93. The molecule has 1 aromatic rings. The summed E-state index contributed by atoms with van der Waals surface area (Å²) in [6.45, 7) is 2.76. The van der Waals surface area contributed by atoms with Gasteiger partial charge < -0.3 is 19.7 Å². The van der Waals surface area contributed by atoms with E-state index < -0.39 is 0 Å². The molecule has 2 heterocycles. The smallest absolute Gasteiger partial charge is 0.270 e. The number of likely N-dealkylation sites (tertiary alicyclic amines) is 1. The number of H-pyrrole nitrogens is 1. The molecule has 0 spiro atoms.